The summed E-state index contributed by atoms with van der Waals surface area (Å²) in [5.41, 5.74) is 2.13. The maximum Gasteiger partial charge on any atom is 0.155 e. The summed E-state index contributed by atoms with van der Waals surface area (Å²) < 4.78 is 2.06. The van der Waals surface area contributed by atoms with E-state index in [1.165, 1.54) is 5.69 Å². The number of hydrogen-bond acceptors (Lipinski definition) is 3. The van der Waals surface area contributed by atoms with Crippen LogP contribution in [0.2, 0.25) is 0 Å². The van der Waals surface area contributed by atoms with Crippen molar-refractivity contribution in [2.75, 3.05) is 13.6 Å². The van der Waals surface area contributed by atoms with Crippen LogP contribution in [-0.4, -0.2) is 28.0 Å². The first-order valence-electron chi connectivity index (χ1n) is 4.32. The van der Waals surface area contributed by atoms with Crippen LogP contribution in [0.1, 0.15) is 5.69 Å². The summed E-state index contributed by atoms with van der Waals surface area (Å²) in [7, 11) is 1.95. The number of fused-ring (bicyclic) bond motifs is 1. The molecule has 0 aliphatic rings. The molecule has 2 aromatic rings. The van der Waals surface area contributed by atoms with Gasteiger partial charge in [0.1, 0.15) is 0 Å². The van der Waals surface area contributed by atoms with Crippen molar-refractivity contribution in [2.45, 2.75) is 6.42 Å². The van der Waals surface area contributed by atoms with E-state index in [4.69, 9.17) is 0 Å². The molecule has 13 heavy (non-hydrogen) atoms. The average Bonchev–Trinajstić information content (AvgIpc) is 2.58. The van der Waals surface area contributed by atoms with Gasteiger partial charge in [0.05, 0.1) is 6.20 Å². The molecule has 0 aromatic carbocycles. The lowest BCUT2D eigenvalue weighted by Crippen LogP contribution is -2.11. The van der Waals surface area contributed by atoms with Crippen LogP contribution in [0.3, 0.4) is 0 Å². The highest BCUT2D eigenvalue weighted by molar-refractivity contribution is 5.36. The largest absolute Gasteiger partial charge is 0.319 e. The van der Waals surface area contributed by atoms with Crippen molar-refractivity contribution >= 4 is 5.65 Å². The van der Waals surface area contributed by atoms with Gasteiger partial charge in [0.2, 0.25) is 0 Å². The number of nitrogens with zero attached hydrogens (tertiary/aromatic N) is 3. The van der Waals surface area contributed by atoms with E-state index in [1.807, 2.05) is 19.4 Å². The highest BCUT2D eigenvalue weighted by Gasteiger charge is 2.00. The summed E-state index contributed by atoms with van der Waals surface area (Å²) in [5, 5.41) is 3.11. The van der Waals surface area contributed by atoms with Crippen molar-refractivity contribution in [2.24, 2.45) is 0 Å². The minimum Gasteiger partial charge on any atom is -0.319 e. The molecule has 0 saturated heterocycles. The van der Waals surface area contributed by atoms with Crippen molar-refractivity contribution in [3.8, 4) is 0 Å². The highest BCUT2D eigenvalue weighted by Crippen LogP contribution is 2.04. The Hall–Kier alpha value is -1.42. The Bertz CT molecular complexity index is 393. The van der Waals surface area contributed by atoms with Gasteiger partial charge in [0, 0.05) is 37.3 Å². The van der Waals surface area contributed by atoms with Crippen LogP contribution in [0.15, 0.2) is 24.8 Å². The maximum atomic E-state index is 4.24. The molecule has 2 rings (SSSR count). The minimum atomic E-state index is 0.911. The molecule has 1 N–H and O–H groups in total. The van der Waals surface area contributed by atoms with Crippen molar-refractivity contribution in [3.05, 3.63) is 30.5 Å². The first-order valence-corrected chi connectivity index (χ1v) is 4.32. The third-order valence-electron chi connectivity index (χ3n) is 2.03. The number of aromatic nitrogens is 3. The molecule has 0 unspecified atom stereocenters. The smallest absolute Gasteiger partial charge is 0.155 e. The van der Waals surface area contributed by atoms with Crippen LogP contribution in [-0.2, 0) is 6.42 Å². The van der Waals surface area contributed by atoms with Gasteiger partial charge in [-0.05, 0) is 7.05 Å². The number of imidazole rings is 1. The van der Waals surface area contributed by atoms with E-state index in [1.54, 1.807) is 12.4 Å². The molecular formula is C9H12N4. The van der Waals surface area contributed by atoms with E-state index in [0.717, 1.165) is 18.6 Å². The third kappa shape index (κ3) is 1.53. The predicted molar refractivity (Wildman–Crippen MR) is 50.6 cm³/mol. The predicted octanol–water partition coefficient (Wildman–Crippen LogP) is 0.491. The number of hydrogen-bond donors (Lipinski definition) is 1. The fourth-order valence-corrected chi connectivity index (χ4v) is 1.33. The molecule has 0 fully saturated rings. The second-order valence-corrected chi connectivity index (χ2v) is 2.91. The SMILES string of the molecule is CNCCc1cnc2cnccn12. The molecule has 4 nitrogen and oxygen atoms in total. The summed E-state index contributed by atoms with van der Waals surface area (Å²) in [5.74, 6) is 0. The molecule has 0 bridgehead atoms. The molecule has 0 aliphatic carbocycles. The van der Waals surface area contributed by atoms with Crippen LogP contribution in [0.25, 0.3) is 5.65 Å². The summed E-state index contributed by atoms with van der Waals surface area (Å²) in [6, 6.07) is 0. The molecule has 68 valence electrons. The lowest BCUT2D eigenvalue weighted by atomic mass is 10.3. The number of likely N-dealkylation sites (N-methyl/N-ethyl adjacent to an activating group) is 1. The lowest BCUT2D eigenvalue weighted by Gasteiger charge is -1.99. The van der Waals surface area contributed by atoms with Crippen LogP contribution >= 0.6 is 0 Å². The minimum absolute atomic E-state index is 0.911. The summed E-state index contributed by atoms with van der Waals surface area (Å²) in [6.07, 6.45) is 8.36. The second kappa shape index (κ2) is 3.53. The van der Waals surface area contributed by atoms with Gasteiger partial charge in [-0.1, -0.05) is 0 Å². The van der Waals surface area contributed by atoms with E-state index in [9.17, 15) is 0 Å². The Morgan fingerprint density at radius 2 is 2.38 bits per heavy atom. The maximum absolute atomic E-state index is 4.24. The summed E-state index contributed by atoms with van der Waals surface area (Å²) in [4.78, 5) is 8.25. The molecule has 2 heterocycles. The van der Waals surface area contributed by atoms with Gasteiger partial charge in [-0.3, -0.25) is 4.98 Å². The van der Waals surface area contributed by atoms with Crippen molar-refractivity contribution < 1.29 is 0 Å². The molecule has 4 heteroatoms. The molecule has 0 spiro atoms. The number of nitrogens with one attached hydrogen (secondary N) is 1. The average molecular weight is 176 g/mol. The highest BCUT2D eigenvalue weighted by atomic mass is 15.0. The van der Waals surface area contributed by atoms with Crippen LogP contribution in [0.4, 0.5) is 0 Å². The molecule has 0 aliphatic heterocycles. The Balaban J connectivity index is 2.35. The molecular weight excluding hydrogens is 164 g/mol. The van der Waals surface area contributed by atoms with Gasteiger partial charge in [0.25, 0.3) is 0 Å². The zero-order chi connectivity index (χ0) is 9.10. The monoisotopic (exact) mass is 176 g/mol. The van der Waals surface area contributed by atoms with Gasteiger partial charge in [-0.25, -0.2) is 4.98 Å². The summed E-state index contributed by atoms with van der Waals surface area (Å²) >= 11 is 0. The van der Waals surface area contributed by atoms with E-state index in [0.29, 0.717) is 0 Å². The summed E-state index contributed by atoms with van der Waals surface area (Å²) in [6.45, 7) is 0.968. The quantitative estimate of drug-likeness (QED) is 0.740. The van der Waals surface area contributed by atoms with Crippen molar-refractivity contribution in [1.82, 2.24) is 19.7 Å². The topological polar surface area (TPSA) is 42.2 Å². The van der Waals surface area contributed by atoms with Gasteiger partial charge in [0.15, 0.2) is 5.65 Å². The molecule has 0 amide bonds. The fraction of sp³-hybridized carbons (Fsp3) is 0.333. The van der Waals surface area contributed by atoms with E-state index in [2.05, 4.69) is 19.7 Å². The van der Waals surface area contributed by atoms with Gasteiger partial charge in [-0.15, -0.1) is 0 Å². The zero-order valence-corrected chi connectivity index (χ0v) is 7.57. The Morgan fingerprint density at radius 3 is 3.23 bits per heavy atom. The van der Waals surface area contributed by atoms with Crippen LogP contribution < -0.4 is 5.32 Å². The molecule has 0 saturated carbocycles. The van der Waals surface area contributed by atoms with Crippen LogP contribution in [0, 0.1) is 0 Å². The van der Waals surface area contributed by atoms with Crippen molar-refractivity contribution in [3.63, 3.8) is 0 Å². The zero-order valence-electron chi connectivity index (χ0n) is 7.57. The lowest BCUT2D eigenvalue weighted by molar-refractivity contribution is 0.770. The first kappa shape index (κ1) is 8.19. The number of rotatable bonds is 3. The van der Waals surface area contributed by atoms with Crippen LogP contribution in [0.5, 0.6) is 0 Å². The Labute approximate surface area is 76.6 Å². The molecule has 0 atom stereocenters. The van der Waals surface area contributed by atoms with Gasteiger partial charge in [-0.2, -0.15) is 0 Å². The fourth-order valence-electron chi connectivity index (χ4n) is 1.33. The second-order valence-electron chi connectivity index (χ2n) is 2.91. The van der Waals surface area contributed by atoms with E-state index >= 15 is 0 Å². The standard InChI is InChI=1S/C9H12N4/c1-10-3-2-8-6-12-9-7-11-4-5-13(8)9/h4-7,10H,2-3H2,1H3. The van der Waals surface area contributed by atoms with Gasteiger partial charge < -0.3 is 9.72 Å². The van der Waals surface area contributed by atoms with Gasteiger partial charge >= 0.3 is 0 Å². The normalized spacial score (nSPS) is 10.8. The van der Waals surface area contributed by atoms with E-state index < -0.39 is 0 Å². The molecule has 0 radical (unpaired) electrons. The Kier molecular flexibility index (Phi) is 2.23. The third-order valence-corrected chi connectivity index (χ3v) is 2.03. The first-order chi connectivity index (χ1) is 6.42. The molecule has 2 aromatic heterocycles. The van der Waals surface area contributed by atoms with E-state index in [-0.39, 0.29) is 0 Å². The van der Waals surface area contributed by atoms with Crippen molar-refractivity contribution in [1.29, 1.82) is 0 Å². The Morgan fingerprint density at radius 1 is 1.46 bits per heavy atom.